The summed E-state index contributed by atoms with van der Waals surface area (Å²) in [6.07, 6.45) is 7.03. The first kappa shape index (κ1) is 30.9. The fourth-order valence-electron chi connectivity index (χ4n) is 5.81. The lowest BCUT2D eigenvalue weighted by molar-refractivity contribution is -0.155. The Morgan fingerprint density at radius 2 is 1.84 bits per heavy atom. The van der Waals surface area contributed by atoms with Crippen LogP contribution in [0.25, 0.3) is 10.8 Å². The molecule has 11 nitrogen and oxygen atoms in total. The number of aliphatic hydroxyl groups excluding tert-OH is 1. The Balaban J connectivity index is 1.80. The lowest BCUT2D eigenvalue weighted by Crippen LogP contribution is -2.40. The van der Waals surface area contributed by atoms with Crippen LogP contribution in [-0.2, 0) is 19.1 Å². The molecule has 234 valence electrons. The van der Waals surface area contributed by atoms with Crippen LogP contribution in [0.1, 0.15) is 69.3 Å². The molecule has 0 spiro atoms. The molecule has 3 aliphatic heterocycles. The number of carbonyl (C=O) groups is 3. The van der Waals surface area contributed by atoms with E-state index in [9.17, 15) is 29.7 Å². The number of allylic oxidation sites excluding steroid dienone is 2. The van der Waals surface area contributed by atoms with Gasteiger partial charge in [-0.1, -0.05) is 25.2 Å². The third kappa shape index (κ3) is 5.59. The number of esters is 1. The predicted octanol–water partition coefficient (Wildman–Crippen LogP) is 5.09. The molecule has 2 aromatic rings. The first-order valence-corrected chi connectivity index (χ1v) is 14.6. The molecule has 4 unspecified atom stereocenters. The van der Waals surface area contributed by atoms with Gasteiger partial charge in [0.2, 0.25) is 0 Å². The molecule has 5 rings (SSSR count). The third-order valence-electron chi connectivity index (χ3n) is 8.33. The van der Waals surface area contributed by atoms with Crippen molar-refractivity contribution in [2.75, 3.05) is 5.32 Å². The van der Waals surface area contributed by atoms with E-state index in [1.807, 2.05) is 6.92 Å². The van der Waals surface area contributed by atoms with Crippen molar-refractivity contribution in [3.63, 3.8) is 0 Å². The second-order valence-corrected chi connectivity index (χ2v) is 11.7. The molecule has 11 heteroatoms. The topological polar surface area (TPSA) is 161 Å². The number of phenolic OH excluding ortho intramolecular Hbond substituents is 2. The van der Waals surface area contributed by atoms with E-state index in [1.165, 1.54) is 33.1 Å². The molecule has 0 radical (unpaired) electrons. The van der Waals surface area contributed by atoms with E-state index in [0.717, 1.165) is 0 Å². The summed E-state index contributed by atoms with van der Waals surface area (Å²) in [6, 6.07) is 1.38. The largest absolute Gasteiger partial charge is 0.507 e. The first-order chi connectivity index (χ1) is 20.8. The summed E-state index contributed by atoms with van der Waals surface area (Å²) in [4.78, 5) is 39.3. The minimum Gasteiger partial charge on any atom is -0.507 e. The highest BCUT2D eigenvalue weighted by atomic mass is 16.7. The van der Waals surface area contributed by atoms with E-state index in [2.05, 4.69) is 5.32 Å². The quantitative estimate of drug-likeness (QED) is 0.254. The fraction of sp³-hybridized carbons (Fsp3) is 0.424. The number of benzene rings is 2. The highest BCUT2D eigenvalue weighted by molar-refractivity contribution is 6.21. The Hall–Kier alpha value is -4.51. The number of nitrogens with one attached hydrogen (secondary N) is 1. The van der Waals surface area contributed by atoms with Crippen LogP contribution in [-0.4, -0.2) is 57.1 Å². The zero-order valence-corrected chi connectivity index (χ0v) is 25.3. The Morgan fingerprint density at radius 1 is 1.09 bits per heavy atom. The Bertz CT molecular complexity index is 1620. The molecule has 2 aromatic carbocycles. The van der Waals surface area contributed by atoms with Crippen LogP contribution >= 0.6 is 0 Å². The summed E-state index contributed by atoms with van der Waals surface area (Å²) in [5, 5.41) is 36.1. The summed E-state index contributed by atoms with van der Waals surface area (Å²) < 4.78 is 24.2. The van der Waals surface area contributed by atoms with Crippen molar-refractivity contribution in [1.29, 1.82) is 0 Å². The molecule has 0 saturated carbocycles. The van der Waals surface area contributed by atoms with Crippen molar-refractivity contribution in [1.82, 2.24) is 0 Å². The second kappa shape index (κ2) is 11.9. The number of hydrogen-bond donors (Lipinski definition) is 4. The van der Waals surface area contributed by atoms with Crippen LogP contribution in [0.3, 0.4) is 0 Å². The molecule has 5 bridgehead atoms. The van der Waals surface area contributed by atoms with Crippen molar-refractivity contribution in [3.05, 3.63) is 53.3 Å². The molecule has 0 saturated heterocycles. The molecule has 0 aromatic heterocycles. The maximum atomic E-state index is 13.9. The standard InChI is InChI=1S/C33H37NO10/c1-16-12-13-20(36)10-7-6-9-17(2)32(40)34-21-15-23-24-25(28(21)38)27(37)18(3)30-26(24)31(39)33(5,44-30)41-14-8-11-22(43-23)29(16)42-19(4)35/h6-9,14-16,20,22,29,36-38H,10-13H2,1-5H3,(H,34,40)/b7-6+,14-8+,17-9-/t16?,20?,22-,29?,33?/m1/s1. The molecule has 0 fully saturated rings. The van der Waals surface area contributed by atoms with Crippen LogP contribution in [0.2, 0.25) is 0 Å². The van der Waals surface area contributed by atoms with Crippen molar-refractivity contribution < 1.29 is 48.7 Å². The van der Waals surface area contributed by atoms with Crippen molar-refractivity contribution in [2.45, 2.75) is 84.4 Å². The molecule has 44 heavy (non-hydrogen) atoms. The number of aliphatic hydroxyl groups is 1. The fourth-order valence-corrected chi connectivity index (χ4v) is 5.81. The minimum absolute atomic E-state index is 0.0299. The van der Waals surface area contributed by atoms with Crippen molar-refractivity contribution in [2.24, 2.45) is 5.92 Å². The Labute approximate surface area is 254 Å². The number of ether oxygens (including phenoxy) is 4. The molecule has 5 atom stereocenters. The molecular weight excluding hydrogens is 570 g/mol. The summed E-state index contributed by atoms with van der Waals surface area (Å²) in [5.74, 6) is -4.44. The average molecular weight is 608 g/mol. The van der Waals surface area contributed by atoms with E-state index in [-0.39, 0.29) is 57.2 Å². The molecule has 0 aliphatic carbocycles. The normalized spacial score (nSPS) is 29.8. The molecule has 3 aliphatic rings. The number of fused-ring (bicyclic) bond motifs is 3. The van der Waals surface area contributed by atoms with Gasteiger partial charge in [-0.15, -0.1) is 0 Å². The smallest absolute Gasteiger partial charge is 0.312 e. The molecule has 1 amide bonds. The SMILES string of the molecule is CC(=O)OC1C(C)CCC(O)C/C=C/C=C(/C)C(=O)Nc2cc3c4c5c(c(C)c(O)c4c2O)OC(C)(O/C=C/C[C@H]1O3)C5=O. The van der Waals surface area contributed by atoms with Gasteiger partial charge in [-0.05, 0) is 45.1 Å². The van der Waals surface area contributed by atoms with E-state index in [4.69, 9.17) is 18.9 Å². The van der Waals surface area contributed by atoms with Crippen LogP contribution in [0.5, 0.6) is 23.0 Å². The van der Waals surface area contributed by atoms with Gasteiger partial charge in [-0.2, -0.15) is 0 Å². The van der Waals surface area contributed by atoms with Gasteiger partial charge in [-0.3, -0.25) is 14.4 Å². The van der Waals surface area contributed by atoms with Gasteiger partial charge in [-0.25, -0.2) is 0 Å². The van der Waals surface area contributed by atoms with Crippen molar-refractivity contribution in [3.8, 4) is 23.0 Å². The second-order valence-electron chi connectivity index (χ2n) is 11.7. The number of phenols is 2. The maximum absolute atomic E-state index is 13.9. The van der Waals surface area contributed by atoms with E-state index in [1.54, 1.807) is 31.2 Å². The summed E-state index contributed by atoms with van der Waals surface area (Å²) in [7, 11) is 0. The van der Waals surface area contributed by atoms with Gasteiger partial charge < -0.3 is 39.6 Å². The predicted molar refractivity (Wildman–Crippen MR) is 161 cm³/mol. The van der Waals surface area contributed by atoms with Crippen LogP contribution in [0.4, 0.5) is 5.69 Å². The van der Waals surface area contributed by atoms with Gasteiger partial charge >= 0.3 is 11.8 Å². The van der Waals surface area contributed by atoms with Crippen LogP contribution in [0, 0.1) is 12.8 Å². The minimum atomic E-state index is -1.77. The van der Waals surface area contributed by atoms with Gasteiger partial charge in [0.25, 0.3) is 11.7 Å². The van der Waals surface area contributed by atoms with Crippen LogP contribution in [0.15, 0.2) is 42.2 Å². The van der Waals surface area contributed by atoms with E-state index < -0.39 is 47.5 Å². The number of hydrogen-bond acceptors (Lipinski definition) is 10. The van der Waals surface area contributed by atoms with Crippen LogP contribution < -0.4 is 14.8 Å². The number of Topliss-reactive ketones (excluding diaryl/α,β-unsaturated/α-hetero) is 1. The lowest BCUT2D eigenvalue weighted by Gasteiger charge is -2.32. The summed E-state index contributed by atoms with van der Waals surface area (Å²) in [6.45, 7) is 7.77. The van der Waals surface area contributed by atoms with E-state index >= 15 is 0 Å². The van der Waals surface area contributed by atoms with Gasteiger partial charge in [0.1, 0.15) is 29.5 Å². The zero-order chi connectivity index (χ0) is 31.9. The third-order valence-corrected chi connectivity index (χ3v) is 8.33. The maximum Gasteiger partial charge on any atom is 0.312 e. The zero-order valence-electron chi connectivity index (χ0n) is 25.3. The monoisotopic (exact) mass is 607 g/mol. The molecule has 3 heterocycles. The lowest BCUT2D eigenvalue weighted by atomic mass is 9.91. The van der Waals surface area contributed by atoms with Gasteiger partial charge in [0.15, 0.2) is 5.75 Å². The van der Waals surface area contributed by atoms with Crippen molar-refractivity contribution >= 4 is 34.1 Å². The highest BCUT2D eigenvalue weighted by Crippen LogP contribution is 2.54. The number of anilines is 1. The molecular formula is C33H37NO10. The number of aromatic hydroxyl groups is 2. The number of amides is 1. The summed E-state index contributed by atoms with van der Waals surface area (Å²) >= 11 is 0. The highest BCUT2D eigenvalue weighted by Gasteiger charge is 2.50. The van der Waals surface area contributed by atoms with E-state index in [0.29, 0.717) is 24.8 Å². The number of ketones is 1. The van der Waals surface area contributed by atoms with Gasteiger partial charge in [0.05, 0.1) is 29.0 Å². The molecule has 4 N–H and O–H groups in total. The number of rotatable bonds is 1. The Morgan fingerprint density at radius 3 is 2.57 bits per heavy atom. The first-order valence-electron chi connectivity index (χ1n) is 14.6. The Kier molecular flexibility index (Phi) is 8.35. The van der Waals surface area contributed by atoms with Gasteiger partial charge in [0, 0.05) is 42.9 Å². The summed E-state index contributed by atoms with van der Waals surface area (Å²) in [5.41, 5.74) is 0.447. The average Bonchev–Trinajstić information content (AvgIpc) is 3.22. The number of carbonyl (C=O) groups excluding carboxylic acids is 3.